The maximum atomic E-state index is 11.2. The summed E-state index contributed by atoms with van der Waals surface area (Å²) in [5.74, 6) is -1.16. The van der Waals surface area contributed by atoms with Crippen LogP contribution < -0.4 is 0 Å². The van der Waals surface area contributed by atoms with Gasteiger partial charge in [0.25, 0.3) is 0 Å². The first-order valence-corrected chi connectivity index (χ1v) is 12.8. The highest BCUT2D eigenvalue weighted by Gasteiger charge is 2.09. The van der Waals surface area contributed by atoms with Gasteiger partial charge >= 0.3 is 11.9 Å². The molecule has 42 heavy (non-hydrogen) atoms. The Hall–Kier alpha value is -5.90. The molecule has 0 aliphatic heterocycles. The predicted octanol–water partition coefficient (Wildman–Crippen LogP) is 6.12. The number of nitrogens with zero attached hydrogens (tertiary/aromatic N) is 6. The average Bonchev–Trinajstić information content (AvgIpc) is 2.99. The van der Waals surface area contributed by atoms with Crippen LogP contribution in [0.1, 0.15) is 43.0 Å². The summed E-state index contributed by atoms with van der Waals surface area (Å²) in [5, 5.41) is 35.2. The Morgan fingerprint density at radius 2 is 0.929 bits per heavy atom. The molecular weight excluding hydrogens is 532 g/mol. The van der Waals surface area contributed by atoms with Crippen LogP contribution in [0, 0.1) is 13.8 Å². The summed E-state index contributed by atoms with van der Waals surface area (Å²) in [7, 11) is 0. The number of carboxylic acid groups (broad SMARTS) is 2. The number of hydrogen-bond donors (Lipinski definition) is 2. The third-order valence-electron chi connectivity index (χ3n) is 6.42. The third-order valence-corrected chi connectivity index (χ3v) is 6.42. The van der Waals surface area contributed by atoms with E-state index in [1.807, 2.05) is 48.5 Å². The molecule has 1 aromatic heterocycles. The van der Waals surface area contributed by atoms with E-state index in [0.29, 0.717) is 34.2 Å². The van der Waals surface area contributed by atoms with E-state index in [0.717, 1.165) is 22.3 Å². The van der Waals surface area contributed by atoms with Crippen molar-refractivity contribution in [3.8, 4) is 22.8 Å². The zero-order valence-electron chi connectivity index (χ0n) is 22.6. The first-order chi connectivity index (χ1) is 20.3. The van der Waals surface area contributed by atoms with Gasteiger partial charge in [0.1, 0.15) is 0 Å². The lowest BCUT2D eigenvalue weighted by Gasteiger charge is -2.03. The smallest absolute Gasteiger partial charge is 0.335 e. The van der Waals surface area contributed by atoms with Gasteiger partial charge in [-0.3, -0.25) is 9.98 Å². The largest absolute Gasteiger partial charge is 0.478 e. The Kier molecular flexibility index (Phi) is 7.96. The second-order valence-electron chi connectivity index (χ2n) is 9.42. The maximum absolute atomic E-state index is 11.2. The van der Waals surface area contributed by atoms with Gasteiger partial charge in [0.2, 0.25) is 11.6 Å². The van der Waals surface area contributed by atoms with Crippen LogP contribution in [0.4, 0.5) is 11.4 Å². The van der Waals surface area contributed by atoms with Crippen molar-refractivity contribution in [2.75, 3.05) is 0 Å². The molecule has 0 aliphatic carbocycles. The monoisotopic (exact) mass is 556 g/mol. The average molecular weight is 557 g/mol. The van der Waals surface area contributed by atoms with Gasteiger partial charge in [0.05, 0.1) is 22.5 Å². The molecule has 0 atom stereocenters. The molecule has 0 spiro atoms. The molecule has 0 fully saturated rings. The van der Waals surface area contributed by atoms with Crippen LogP contribution in [0.5, 0.6) is 0 Å². The molecule has 10 nitrogen and oxygen atoms in total. The van der Waals surface area contributed by atoms with Crippen molar-refractivity contribution in [2.24, 2.45) is 9.98 Å². The predicted molar refractivity (Wildman–Crippen MR) is 159 cm³/mol. The molecule has 0 bridgehead atoms. The fourth-order valence-corrected chi connectivity index (χ4v) is 4.17. The summed E-state index contributed by atoms with van der Waals surface area (Å²) in [6.45, 7) is 3.50. The first-order valence-electron chi connectivity index (χ1n) is 12.8. The molecule has 10 heteroatoms. The van der Waals surface area contributed by atoms with Gasteiger partial charge < -0.3 is 10.2 Å². The molecule has 0 unspecified atom stereocenters. The van der Waals surface area contributed by atoms with E-state index in [9.17, 15) is 19.8 Å². The van der Waals surface area contributed by atoms with Gasteiger partial charge in [-0.05, 0) is 109 Å². The van der Waals surface area contributed by atoms with Crippen molar-refractivity contribution in [3.05, 3.63) is 118 Å². The molecular formula is C32H24N6O4. The molecule has 5 aromatic rings. The van der Waals surface area contributed by atoms with Crippen molar-refractivity contribution >= 4 is 35.7 Å². The molecule has 206 valence electrons. The number of rotatable bonds is 8. The Labute approximate surface area is 240 Å². The number of aliphatic imine (C=N–C) groups is 2. The number of hydrogen-bond acceptors (Lipinski definition) is 8. The second kappa shape index (κ2) is 12.1. The number of aryl methyl sites for hydroxylation is 2. The van der Waals surface area contributed by atoms with Crippen molar-refractivity contribution in [1.82, 2.24) is 20.4 Å². The second-order valence-corrected chi connectivity index (χ2v) is 9.42. The van der Waals surface area contributed by atoms with Crippen molar-refractivity contribution in [1.29, 1.82) is 0 Å². The quantitative estimate of drug-likeness (QED) is 0.217. The highest BCUT2D eigenvalue weighted by atomic mass is 16.4. The normalized spacial score (nSPS) is 11.3. The van der Waals surface area contributed by atoms with Crippen LogP contribution in [-0.2, 0) is 0 Å². The van der Waals surface area contributed by atoms with E-state index in [1.54, 1.807) is 62.7 Å². The zero-order valence-corrected chi connectivity index (χ0v) is 22.6. The molecule has 1 heterocycles. The SMILES string of the molecule is Cc1cc(C=Nc2ccc(-c3nnc(-c4ccc(N=Cc5ccc(C(=O)O)c(C)c5)cc4)nn3)cc2)ccc1C(=O)O. The fraction of sp³-hybridized carbons (Fsp3) is 0.0625. The zero-order chi connectivity index (χ0) is 29.6. The van der Waals surface area contributed by atoms with Gasteiger partial charge in [-0.25, -0.2) is 9.59 Å². The first kappa shape index (κ1) is 27.7. The lowest BCUT2D eigenvalue weighted by molar-refractivity contribution is 0.0685. The number of aromatic nitrogens is 4. The lowest BCUT2D eigenvalue weighted by Crippen LogP contribution is -2.00. The summed E-state index contributed by atoms with van der Waals surface area (Å²) in [6, 6.07) is 24.7. The van der Waals surface area contributed by atoms with Crippen LogP contribution >= 0.6 is 0 Å². The summed E-state index contributed by atoms with van der Waals surface area (Å²) in [5.41, 5.74) is 6.38. The summed E-state index contributed by atoms with van der Waals surface area (Å²) < 4.78 is 0. The maximum Gasteiger partial charge on any atom is 0.335 e. The molecule has 0 saturated heterocycles. The van der Waals surface area contributed by atoms with E-state index < -0.39 is 11.9 Å². The topological polar surface area (TPSA) is 151 Å². The number of benzene rings is 4. The van der Waals surface area contributed by atoms with Crippen molar-refractivity contribution < 1.29 is 19.8 Å². The van der Waals surface area contributed by atoms with Crippen LogP contribution in [-0.4, -0.2) is 55.0 Å². The Bertz CT molecular complexity index is 1700. The van der Waals surface area contributed by atoms with E-state index in [2.05, 4.69) is 30.4 Å². The third kappa shape index (κ3) is 6.45. The van der Waals surface area contributed by atoms with E-state index in [4.69, 9.17) is 0 Å². The summed E-state index contributed by atoms with van der Waals surface area (Å²) >= 11 is 0. The standard InChI is InChI=1S/C32H24N6O4/c1-19-15-21(3-13-27(19)31(39)40)17-33-25-9-5-23(6-10-25)29-35-37-30(38-36-29)24-7-11-26(12-8-24)34-18-22-4-14-28(32(41)42)20(2)16-22/h3-18H,1-2H3,(H,39,40)(H,41,42). The Morgan fingerprint density at radius 3 is 1.24 bits per heavy atom. The molecule has 4 aromatic carbocycles. The van der Waals surface area contributed by atoms with Crippen LogP contribution in [0.2, 0.25) is 0 Å². The minimum atomic E-state index is -0.954. The minimum absolute atomic E-state index is 0.269. The van der Waals surface area contributed by atoms with E-state index in [1.165, 1.54) is 0 Å². The van der Waals surface area contributed by atoms with Gasteiger partial charge in [0.15, 0.2) is 0 Å². The summed E-state index contributed by atoms with van der Waals surface area (Å²) in [4.78, 5) is 31.3. The molecule has 5 rings (SSSR count). The number of carboxylic acids is 2. The van der Waals surface area contributed by atoms with Crippen LogP contribution in [0.3, 0.4) is 0 Å². The lowest BCUT2D eigenvalue weighted by atomic mass is 10.1. The van der Waals surface area contributed by atoms with Crippen molar-refractivity contribution in [3.63, 3.8) is 0 Å². The molecule has 0 amide bonds. The highest BCUT2D eigenvalue weighted by molar-refractivity contribution is 5.92. The number of aromatic carboxylic acids is 2. The van der Waals surface area contributed by atoms with Gasteiger partial charge in [-0.15, -0.1) is 20.4 Å². The van der Waals surface area contributed by atoms with Gasteiger partial charge in [0, 0.05) is 23.6 Å². The Balaban J connectivity index is 1.22. The van der Waals surface area contributed by atoms with Crippen molar-refractivity contribution in [2.45, 2.75) is 13.8 Å². The fourth-order valence-electron chi connectivity index (χ4n) is 4.17. The van der Waals surface area contributed by atoms with E-state index in [-0.39, 0.29) is 11.1 Å². The van der Waals surface area contributed by atoms with Crippen LogP contribution in [0.25, 0.3) is 22.8 Å². The van der Waals surface area contributed by atoms with Gasteiger partial charge in [-0.2, -0.15) is 0 Å². The molecule has 0 aliphatic rings. The molecule has 0 radical (unpaired) electrons. The van der Waals surface area contributed by atoms with E-state index >= 15 is 0 Å². The molecule has 0 saturated carbocycles. The summed E-state index contributed by atoms with van der Waals surface area (Å²) in [6.07, 6.45) is 3.36. The Morgan fingerprint density at radius 1 is 0.571 bits per heavy atom. The minimum Gasteiger partial charge on any atom is -0.478 e. The number of carbonyl (C=O) groups is 2. The highest BCUT2D eigenvalue weighted by Crippen LogP contribution is 2.22. The molecule has 2 N–H and O–H groups in total. The van der Waals surface area contributed by atoms with Crippen LogP contribution in [0.15, 0.2) is 94.9 Å². The van der Waals surface area contributed by atoms with Gasteiger partial charge in [-0.1, -0.05) is 12.1 Å².